The lowest BCUT2D eigenvalue weighted by Crippen LogP contribution is -2.10. The van der Waals surface area contributed by atoms with Crippen molar-refractivity contribution in [2.45, 2.75) is 26.4 Å². The van der Waals surface area contributed by atoms with Gasteiger partial charge in [-0.2, -0.15) is 15.0 Å². The average Bonchev–Trinajstić information content (AvgIpc) is 2.73. The Hall–Kier alpha value is -3.61. The van der Waals surface area contributed by atoms with Gasteiger partial charge in [-0.3, -0.25) is 0 Å². The number of aromatic nitrogens is 3. The minimum atomic E-state index is 0.128. The van der Waals surface area contributed by atoms with Crippen LogP contribution in [0.25, 0.3) is 0 Å². The molecule has 0 fully saturated rings. The number of rotatable bonds is 9. The third-order valence-corrected chi connectivity index (χ3v) is 4.31. The number of hydrogen-bond donors (Lipinski definition) is 2. The number of anilines is 3. The summed E-state index contributed by atoms with van der Waals surface area (Å²) < 4.78 is 11.3. The van der Waals surface area contributed by atoms with Gasteiger partial charge in [0.15, 0.2) is 17.3 Å². The van der Waals surface area contributed by atoms with Gasteiger partial charge in [-0.05, 0) is 42.2 Å². The lowest BCUT2D eigenvalue weighted by Gasteiger charge is -2.13. The maximum absolute atomic E-state index is 5.87. The number of nitrogens with zero attached hydrogens (tertiary/aromatic N) is 3. The number of para-hydroxylation sites is 1. The fourth-order valence-electron chi connectivity index (χ4n) is 2.90. The van der Waals surface area contributed by atoms with Gasteiger partial charge in [0.25, 0.3) is 0 Å². The van der Waals surface area contributed by atoms with Crippen LogP contribution in [0.5, 0.6) is 11.5 Å². The van der Waals surface area contributed by atoms with Crippen LogP contribution in [0.4, 0.5) is 17.6 Å². The summed E-state index contributed by atoms with van der Waals surface area (Å²) in [6, 6.07) is 13.7. The zero-order valence-electron chi connectivity index (χ0n) is 16.7. The van der Waals surface area contributed by atoms with Crippen molar-refractivity contribution in [1.82, 2.24) is 15.0 Å². The van der Waals surface area contributed by atoms with Crippen LogP contribution in [-0.2, 0) is 19.4 Å². The number of benzene rings is 2. The molecule has 0 saturated carbocycles. The van der Waals surface area contributed by atoms with Gasteiger partial charge in [-0.25, -0.2) is 0 Å². The van der Waals surface area contributed by atoms with Crippen molar-refractivity contribution >= 4 is 17.6 Å². The SMILES string of the molecule is C=CCc1ccc(OCc2nc(N)nc(Nc3ccccc3CC)n2)c(OC)c1. The smallest absolute Gasteiger partial charge is 0.232 e. The van der Waals surface area contributed by atoms with Gasteiger partial charge in [-0.15, -0.1) is 6.58 Å². The van der Waals surface area contributed by atoms with E-state index in [1.807, 2.05) is 42.5 Å². The molecular formula is C22H25N5O2. The predicted octanol–water partition coefficient (Wildman–Crippen LogP) is 4.08. The van der Waals surface area contributed by atoms with E-state index < -0.39 is 0 Å². The number of methoxy groups -OCH3 is 1. The summed E-state index contributed by atoms with van der Waals surface area (Å²) in [5, 5.41) is 3.22. The molecule has 0 aliphatic heterocycles. The summed E-state index contributed by atoms with van der Waals surface area (Å²) in [7, 11) is 1.61. The highest BCUT2D eigenvalue weighted by atomic mass is 16.5. The monoisotopic (exact) mass is 391 g/mol. The Labute approximate surface area is 170 Å². The summed E-state index contributed by atoms with van der Waals surface area (Å²) in [4.78, 5) is 12.8. The summed E-state index contributed by atoms with van der Waals surface area (Å²) >= 11 is 0. The minimum absolute atomic E-state index is 0.128. The largest absolute Gasteiger partial charge is 0.493 e. The molecule has 0 atom stereocenters. The molecule has 0 aliphatic rings. The lowest BCUT2D eigenvalue weighted by molar-refractivity contribution is 0.276. The fraction of sp³-hybridized carbons (Fsp3) is 0.227. The van der Waals surface area contributed by atoms with Crippen LogP contribution in [0.2, 0.25) is 0 Å². The summed E-state index contributed by atoms with van der Waals surface area (Å²) in [6.07, 6.45) is 3.49. The first kappa shape index (κ1) is 20.1. The molecule has 150 valence electrons. The predicted molar refractivity (Wildman–Crippen MR) is 115 cm³/mol. The number of nitrogens with one attached hydrogen (secondary N) is 1. The van der Waals surface area contributed by atoms with Crippen LogP contribution in [0, 0.1) is 0 Å². The van der Waals surface area contributed by atoms with E-state index in [1.54, 1.807) is 7.11 Å². The summed E-state index contributed by atoms with van der Waals surface area (Å²) in [5.41, 5.74) is 9.06. The first-order valence-electron chi connectivity index (χ1n) is 9.39. The third-order valence-electron chi connectivity index (χ3n) is 4.31. The Bertz CT molecular complexity index is 991. The summed E-state index contributed by atoms with van der Waals surface area (Å²) in [5.74, 6) is 2.17. The quantitative estimate of drug-likeness (QED) is 0.531. The Kier molecular flexibility index (Phi) is 6.63. The van der Waals surface area contributed by atoms with Gasteiger partial charge in [-0.1, -0.05) is 37.3 Å². The molecule has 29 heavy (non-hydrogen) atoms. The van der Waals surface area contributed by atoms with E-state index in [0.29, 0.717) is 23.3 Å². The molecule has 3 aromatic rings. The first-order chi connectivity index (χ1) is 14.1. The standard InChI is InChI=1S/C22H25N5O2/c1-4-8-15-11-12-18(19(13-15)28-3)29-14-20-25-21(23)27-22(26-20)24-17-10-7-6-9-16(17)5-2/h4,6-7,9-13H,1,5,8,14H2,2-3H3,(H3,23,24,25,26,27). The van der Waals surface area contributed by atoms with Gasteiger partial charge >= 0.3 is 0 Å². The molecule has 0 saturated heterocycles. The van der Waals surface area contributed by atoms with E-state index in [0.717, 1.165) is 29.7 Å². The first-order valence-corrected chi connectivity index (χ1v) is 9.39. The van der Waals surface area contributed by atoms with Gasteiger partial charge < -0.3 is 20.5 Å². The second kappa shape index (κ2) is 9.54. The molecule has 0 bridgehead atoms. The van der Waals surface area contributed by atoms with Crippen molar-refractivity contribution < 1.29 is 9.47 Å². The van der Waals surface area contributed by atoms with Crippen LogP contribution >= 0.6 is 0 Å². The maximum Gasteiger partial charge on any atom is 0.232 e. The third kappa shape index (κ3) is 5.22. The Morgan fingerprint density at radius 1 is 1.10 bits per heavy atom. The molecule has 7 heteroatoms. The second-order valence-corrected chi connectivity index (χ2v) is 6.34. The highest BCUT2D eigenvalue weighted by Crippen LogP contribution is 2.29. The van der Waals surface area contributed by atoms with Crippen LogP contribution in [0.1, 0.15) is 23.9 Å². The van der Waals surface area contributed by atoms with E-state index in [4.69, 9.17) is 15.2 Å². The second-order valence-electron chi connectivity index (χ2n) is 6.34. The average molecular weight is 391 g/mol. The molecule has 0 amide bonds. The van der Waals surface area contributed by atoms with Crippen molar-refractivity contribution in [3.8, 4) is 11.5 Å². The van der Waals surface area contributed by atoms with Crippen LogP contribution in [0.15, 0.2) is 55.1 Å². The fourth-order valence-corrected chi connectivity index (χ4v) is 2.90. The normalized spacial score (nSPS) is 10.4. The summed E-state index contributed by atoms with van der Waals surface area (Å²) in [6.45, 7) is 5.98. The lowest BCUT2D eigenvalue weighted by atomic mass is 10.1. The molecule has 7 nitrogen and oxygen atoms in total. The molecule has 3 rings (SSSR count). The highest BCUT2D eigenvalue weighted by Gasteiger charge is 2.10. The van der Waals surface area contributed by atoms with E-state index >= 15 is 0 Å². The Balaban J connectivity index is 1.76. The van der Waals surface area contributed by atoms with Gasteiger partial charge in [0.2, 0.25) is 11.9 Å². The van der Waals surface area contributed by atoms with Gasteiger partial charge in [0.1, 0.15) is 6.61 Å². The molecule has 0 spiro atoms. The molecular weight excluding hydrogens is 366 g/mol. The number of ether oxygens (including phenoxy) is 2. The van der Waals surface area contributed by atoms with Crippen molar-refractivity contribution in [2.75, 3.05) is 18.2 Å². The Morgan fingerprint density at radius 3 is 2.69 bits per heavy atom. The molecule has 0 radical (unpaired) electrons. The Morgan fingerprint density at radius 2 is 1.93 bits per heavy atom. The number of hydrogen-bond acceptors (Lipinski definition) is 7. The zero-order chi connectivity index (χ0) is 20.6. The molecule has 0 aliphatic carbocycles. The van der Waals surface area contributed by atoms with E-state index in [2.05, 4.69) is 39.8 Å². The van der Waals surface area contributed by atoms with Crippen molar-refractivity contribution in [3.63, 3.8) is 0 Å². The van der Waals surface area contributed by atoms with Gasteiger partial charge in [0, 0.05) is 5.69 Å². The highest BCUT2D eigenvalue weighted by molar-refractivity contribution is 5.58. The van der Waals surface area contributed by atoms with E-state index in [-0.39, 0.29) is 12.6 Å². The topological polar surface area (TPSA) is 95.2 Å². The number of nitrogen functional groups attached to an aromatic ring is 1. The van der Waals surface area contributed by atoms with E-state index in [1.165, 1.54) is 0 Å². The zero-order valence-corrected chi connectivity index (χ0v) is 16.7. The van der Waals surface area contributed by atoms with Crippen molar-refractivity contribution in [2.24, 2.45) is 0 Å². The molecule has 1 aromatic heterocycles. The molecule has 2 aromatic carbocycles. The minimum Gasteiger partial charge on any atom is -0.493 e. The molecule has 1 heterocycles. The van der Waals surface area contributed by atoms with E-state index in [9.17, 15) is 0 Å². The number of nitrogens with two attached hydrogens (primary N) is 1. The van der Waals surface area contributed by atoms with Crippen LogP contribution in [-0.4, -0.2) is 22.1 Å². The number of allylic oxidation sites excluding steroid dienone is 1. The van der Waals surface area contributed by atoms with Crippen molar-refractivity contribution in [1.29, 1.82) is 0 Å². The molecule has 0 unspecified atom stereocenters. The van der Waals surface area contributed by atoms with Crippen LogP contribution < -0.4 is 20.5 Å². The van der Waals surface area contributed by atoms with Crippen LogP contribution in [0.3, 0.4) is 0 Å². The number of aryl methyl sites for hydroxylation is 1. The maximum atomic E-state index is 5.87. The molecule has 3 N–H and O–H groups in total. The van der Waals surface area contributed by atoms with Gasteiger partial charge in [0.05, 0.1) is 7.11 Å². The van der Waals surface area contributed by atoms with Crippen molar-refractivity contribution in [3.05, 3.63) is 72.1 Å².